The van der Waals surface area contributed by atoms with Gasteiger partial charge in [0.25, 0.3) is 5.91 Å². The third kappa shape index (κ3) is 1.95. The molecule has 2 aromatic rings. The van der Waals surface area contributed by atoms with Crippen molar-refractivity contribution in [2.24, 2.45) is 10.7 Å². The second kappa shape index (κ2) is 4.91. The average Bonchev–Trinajstić information content (AvgIpc) is 2.74. The highest BCUT2D eigenvalue weighted by atomic mass is 19.1. The number of halogens is 2. The number of nitrogens with zero attached hydrogens (tertiary/aromatic N) is 2. The van der Waals surface area contributed by atoms with Crippen LogP contribution in [0.15, 0.2) is 53.5 Å². The molecule has 0 aromatic heterocycles. The number of guanidine groups is 1. The SMILES string of the molecule is CN1C(=O)C(c2ccc(F)cc2)(c2ccc(F)cc2)N=C1N. The van der Waals surface area contributed by atoms with Crippen molar-refractivity contribution in [3.05, 3.63) is 71.3 Å². The van der Waals surface area contributed by atoms with Crippen molar-refractivity contribution in [3.63, 3.8) is 0 Å². The molecular formula is C16H13F2N3O. The maximum atomic E-state index is 13.2. The normalized spacial score (nSPS) is 16.8. The van der Waals surface area contributed by atoms with E-state index < -0.39 is 17.2 Å². The van der Waals surface area contributed by atoms with Crippen LogP contribution < -0.4 is 5.73 Å². The molecule has 0 saturated heterocycles. The van der Waals surface area contributed by atoms with Gasteiger partial charge in [-0.25, -0.2) is 13.8 Å². The third-order valence-corrected chi connectivity index (χ3v) is 3.76. The number of aliphatic imine (C=N–C) groups is 1. The predicted octanol–water partition coefficient (Wildman–Crippen LogP) is 2.00. The molecule has 0 saturated carbocycles. The molecule has 0 spiro atoms. The maximum absolute atomic E-state index is 13.2. The number of hydrogen-bond acceptors (Lipinski definition) is 3. The first-order valence-corrected chi connectivity index (χ1v) is 6.61. The van der Waals surface area contributed by atoms with Crippen LogP contribution in [0.5, 0.6) is 0 Å². The number of rotatable bonds is 2. The molecule has 0 unspecified atom stereocenters. The number of amides is 1. The Morgan fingerprint density at radius 1 is 0.955 bits per heavy atom. The zero-order valence-electron chi connectivity index (χ0n) is 11.8. The lowest BCUT2D eigenvalue weighted by Crippen LogP contribution is -2.41. The average molecular weight is 301 g/mol. The van der Waals surface area contributed by atoms with E-state index in [1.807, 2.05) is 0 Å². The summed E-state index contributed by atoms with van der Waals surface area (Å²) in [5, 5.41) is 0. The monoisotopic (exact) mass is 301 g/mol. The number of nitrogens with two attached hydrogens (primary N) is 1. The fourth-order valence-corrected chi connectivity index (χ4v) is 2.57. The molecule has 4 nitrogen and oxygen atoms in total. The van der Waals surface area contributed by atoms with Crippen LogP contribution in [0.3, 0.4) is 0 Å². The number of hydrogen-bond donors (Lipinski definition) is 1. The van der Waals surface area contributed by atoms with Crippen molar-refractivity contribution in [3.8, 4) is 0 Å². The van der Waals surface area contributed by atoms with E-state index in [4.69, 9.17) is 5.73 Å². The number of likely N-dealkylation sites (N-methyl/N-ethyl adjacent to an activating group) is 1. The minimum Gasteiger partial charge on any atom is -0.369 e. The molecule has 1 aliphatic heterocycles. The molecule has 0 fully saturated rings. The largest absolute Gasteiger partial charge is 0.369 e. The van der Waals surface area contributed by atoms with Gasteiger partial charge in [-0.3, -0.25) is 9.69 Å². The summed E-state index contributed by atoms with van der Waals surface area (Å²) in [4.78, 5) is 18.3. The standard InChI is InChI=1S/C16H13F2N3O/c1-21-14(22)16(20-15(21)19,10-2-6-12(17)7-3-10)11-4-8-13(18)9-5-11/h2-9H,1H3,(H2,19,20). The first-order valence-electron chi connectivity index (χ1n) is 6.61. The number of benzene rings is 2. The molecule has 22 heavy (non-hydrogen) atoms. The van der Waals surface area contributed by atoms with E-state index in [1.165, 1.54) is 60.5 Å². The van der Waals surface area contributed by atoms with Gasteiger partial charge in [0.1, 0.15) is 11.6 Å². The molecule has 2 N–H and O–H groups in total. The lowest BCUT2D eigenvalue weighted by Gasteiger charge is -2.26. The summed E-state index contributed by atoms with van der Waals surface area (Å²) in [6, 6.07) is 10.9. The van der Waals surface area contributed by atoms with Crippen LogP contribution in [0.4, 0.5) is 8.78 Å². The van der Waals surface area contributed by atoms with Crippen LogP contribution in [-0.2, 0) is 10.3 Å². The van der Waals surface area contributed by atoms with Gasteiger partial charge in [0.2, 0.25) is 0 Å². The molecule has 0 bridgehead atoms. The van der Waals surface area contributed by atoms with E-state index >= 15 is 0 Å². The van der Waals surface area contributed by atoms with Gasteiger partial charge in [0.15, 0.2) is 11.5 Å². The summed E-state index contributed by atoms with van der Waals surface area (Å²) < 4.78 is 26.4. The fourth-order valence-electron chi connectivity index (χ4n) is 2.57. The van der Waals surface area contributed by atoms with Crippen LogP contribution in [0.1, 0.15) is 11.1 Å². The van der Waals surface area contributed by atoms with Gasteiger partial charge in [-0.15, -0.1) is 0 Å². The Bertz CT molecular complexity index is 708. The van der Waals surface area contributed by atoms with E-state index in [0.29, 0.717) is 11.1 Å². The summed E-state index contributed by atoms with van der Waals surface area (Å²) in [7, 11) is 1.51. The summed E-state index contributed by atoms with van der Waals surface area (Å²) >= 11 is 0. The van der Waals surface area contributed by atoms with Gasteiger partial charge >= 0.3 is 0 Å². The van der Waals surface area contributed by atoms with Gasteiger partial charge in [-0.05, 0) is 35.4 Å². The second-order valence-electron chi connectivity index (χ2n) is 5.06. The summed E-state index contributed by atoms with van der Waals surface area (Å²) in [5.74, 6) is -1.16. The highest BCUT2D eigenvalue weighted by Crippen LogP contribution is 2.39. The Labute approximate surface area is 125 Å². The van der Waals surface area contributed by atoms with E-state index in [2.05, 4.69) is 4.99 Å². The Hall–Kier alpha value is -2.76. The van der Waals surface area contributed by atoms with Gasteiger partial charge in [-0.1, -0.05) is 24.3 Å². The molecule has 1 aliphatic rings. The van der Waals surface area contributed by atoms with E-state index in [9.17, 15) is 13.6 Å². The van der Waals surface area contributed by atoms with E-state index in [-0.39, 0.29) is 11.9 Å². The van der Waals surface area contributed by atoms with Crippen molar-refractivity contribution in [1.29, 1.82) is 0 Å². The van der Waals surface area contributed by atoms with Crippen molar-refractivity contribution in [1.82, 2.24) is 4.90 Å². The lowest BCUT2D eigenvalue weighted by atomic mass is 9.83. The van der Waals surface area contributed by atoms with Crippen molar-refractivity contribution >= 4 is 11.9 Å². The zero-order chi connectivity index (χ0) is 15.9. The van der Waals surface area contributed by atoms with Crippen LogP contribution >= 0.6 is 0 Å². The van der Waals surface area contributed by atoms with Gasteiger partial charge in [0.05, 0.1) is 0 Å². The summed E-state index contributed by atoms with van der Waals surface area (Å²) in [6.07, 6.45) is 0. The Morgan fingerprint density at radius 3 is 1.68 bits per heavy atom. The topological polar surface area (TPSA) is 58.7 Å². The van der Waals surface area contributed by atoms with Gasteiger partial charge in [0, 0.05) is 7.05 Å². The maximum Gasteiger partial charge on any atom is 0.266 e. The van der Waals surface area contributed by atoms with Gasteiger partial charge < -0.3 is 5.73 Å². The first-order chi connectivity index (χ1) is 10.4. The van der Waals surface area contributed by atoms with Crippen molar-refractivity contribution in [2.75, 3.05) is 7.05 Å². The zero-order valence-corrected chi connectivity index (χ0v) is 11.8. The summed E-state index contributed by atoms with van der Waals surface area (Å²) in [6.45, 7) is 0. The Kier molecular flexibility index (Phi) is 3.16. The van der Waals surface area contributed by atoms with E-state index in [0.717, 1.165) is 0 Å². The van der Waals surface area contributed by atoms with Crippen molar-refractivity contribution < 1.29 is 13.6 Å². The molecule has 1 amide bonds. The molecular weight excluding hydrogens is 288 g/mol. The minimum atomic E-state index is -1.42. The van der Waals surface area contributed by atoms with Crippen LogP contribution in [0, 0.1) is 11.6 Å². The smallest absolute Gasteiger partial charge is 0.266 e. The Morgan fingerprint density at radius 2 is 1.36 bits per heavy atom. The highest BCUT2D eigenvalue weighted by molar-refractivity contribution is 6.08. The summed E-state index contributed by atoms with van der Waals surface area (Å²) in [5.41, 5.74) is 5.31. The molecule has 3 rings (SSSR count). The van der Waals surface area contributed by atoms with Crippen LogP contribution in [0.2, 0.25) is 0 Å². The molecule has 0 radical (unpaired) electrons. The molecule has 2 aromatic carbocycles. The third-order valence-electron chi connectivity index (χ3n) is 3.76. The Balaban J connectivity index is 2.26. The van der Waals surface area contributed by atoms with Crippen LogP contribution in [-0.4, -0.2) is 23.8 Å². The van der Waals surface area contributed by atoms with E-state index in [1.54, 1.807) is 0 Å². The number of carbonyl (C=O) groups excluding carboxylic acids is 1. The molecule has 112 valence electrons. The van der Waals surface area contributed by atoms with Gasteiger partial charge in [-0.2, -0.15) is 0 Å². The second-order valence-corrected chi connectivity index (χ2v) is 5.06. The fraction of sp³-hybridized carbons (Fsp3) is 0.125. The highest BCUT2D eigenvalue weighted by Gasteiger charge is 2.49. The molecule has 1 heterocycles. The quantitative estimate of drug-likeness (QED) is 0.922. The lowest BCUT2D eigenvalue weighted by molar-refractivity contribution is -0.129. The predicted molar refractivity (Wildman–Crippen MR) is 78.0 cm³/mol. The minimum absolute atomic E-state index is 0.0543. The van der Waals surface area contributed by atoms with Crippen LogP contribution in [0.25, 0.3) is 0 Å². The van der Waals surface area contributed by atoms with Crippen molar-refractivity contribution in [2.45, 2.75) is 5.54 Å². The molecule has 0 aliphatic carbocycles. The molecule has 6 heteroatoms. The first kappa shape index (κ1) is 14.2. The molecule has 0 atom stereocenters. The number of carbonyl (C=O) groups is 1.